The maximum atomic E-state index is 12.4. The molecule has 1 aliphatic rings. The molecule has 0 saturated carbocycles. The Bertz CT molecular complexity index is 506. The van der Waals surface area contributed by atoms with Crippen molar-refractivity contribution in [3.8, 4) is 0 Å². The Morgan fingerprint density at radius 3 is 2.63 bits per heavy atom. The Morgan fingerprint density at radius 1 is 1.26 bits per heavy atom. The molecule has 2 rings (SSSR count). The van der Waals surface area contributed by atoms with Crippen LogP contribution in [0.25, 0.3) is 5.57 Å². The van der Waals surface area contributed by atoms with Crippen molar-refractivity contribution < 1.29 is 9.59 Å². The molecule has 5 heteroatoms. The lowest BCUT2D eigenvalue weighted by atomic mass is 10.2. The van der Waals surface area contributed by atoms with E-state index < -0.39 is 0 Å². The molecular weight excluding hydrogens is 278 g/mol. The van der Waals surface area contributed by atoms with E-state index in [1.54, 1.807) is 0 Å². The quantitative estimate of drug-likeness (QED) is 0.755. The lowest BCUT2D eigenvalue weighted by Crippen LogP contribution is -2.32. The molecule has 1 aliphatic heterocycles. The predicted molar refractivity (Wildman–Crippen MR) is 81.0 cm³/mol. The number of hydrogen-bond acceptors (Lipinski definition) is 4. The summed E-state index contributed by atoms with van der Waals surface area (Å²) in [4.78, 5) is 27.7. The highest BCUT2D eigenvalue weighted by Gasteiger charge is 2.38. The molecule has 102 valence electrons. The van der Waals surface area contributed by atoms with E-state index in [2.05, 4.69) is 6.92 Å². The Labute approximate surface area is 121 Å². The second kappa shape index (κ2) is 6.39. The molecule has 0 aliphatic carbocycles. The van der Waals surface area contributed by atoms with Crippen LogP contribution < -0.4 is 0 Å². The van der Waals surface area contributed by atoms with E-state index in [4.69, 9.17) is 0 Å². The molecular formula is C14H17NO2S2. The third kappa shape index (κ3) is 2.77. The van der Waals surface area contributed by atoms with Crippen molar-refractivity contribution in [3.63, 3.8) is 0 Å². The predicted octanol–water partition coefficient (Wildman–Crippen LogP) is 3.38. The van der Waals surface area contributed by atoms with Crippen LogP contribution in [-0.4, -0.2) is 29.0 Å². The minimum atomic E-state index is -0.128. The first kappa shape index (κ1) is 14.3. The van der Waals surface area contributed by atoms with Crippen LogP contribution in [0.3, 0.4) is 0 Å². The fraction of sp³-hybridized carbons (Fsp3) is 0.429. The highest BCUT2D eigenvalue weighted by molar-refractivity contribution is 8.04. The largest absolute Gasteiger partial charge is 0.274 e. The molecule has 3 nitrogen and oxygen atoms in total. The van der Waals surface area contributed by atoms with Crippen LogP contribution in [-0.2, 0) is 9.59 Å². The minimum Gasteiger partial charge on any atom is -0.274 e. The van der Waals surface area contributed by atoms with E-state index in [1.165, 1.54) is 28.0 Å². The Kier molecular flexibility index (Phi) is 4.82. The first-order valence-electron chi connectivity index (χ1n) is 6.47. The molecule has 0 spiro atoms. The molecule has 0 radical (unpaired) electrons. The lowest BCUT2D eigenvalue weighted by molar-refractivity contribution is -0.136. The van der Waals surface area contributed by atoms with Gasteiger partial charge in [-0.1, -0.05) is 26.3 Å². The fourth-order valence-corrected chi connectivity index (χ4v) is 3.69. The van der Waals surface area contributed by atoms with Crippen LogP contribution in [0.15, 0.2) is 22.4 Å². The summed E-state index contributed by atoms with van der Waals surface area (Å²) in [5.41, 5.74) is 0.600. The normalized spacial score (nSPS) is 15.8. The van der Waals surface area contributed by atoms with E-state index in [0.717, 1.165) is 23.5 Å². The number of imide groups is 1. The van der Waals surface area contributed by atoms with Crippen LogP contribution in [0.4, 0.5) is 0 Å². The summed E-state index contributed by atoms with van der Waals surface area (Å²) in [6.45, 7) is 4.58. The SMILES string of the molecule is CCCCN1C(=O)C(SCC)=C(c2cccs2)C1=O. The van der Waals surface area contributed by atoms with Gasteiger partial charge in [0, 0.05) is 11.4 Å². The van der Waals surface area contributed by atoms with Gasteiger partial charge >= 0.3 is 0 Å². The molecule has 0 atom stereocenters. The summed E-state index contributed by atoms with van der Waals surface area (Å²) >= 11 is 2.98. The van der Waals surface area contributed by atoms with Crippen molar-refractivity contribution in [3.05, 3.63) is 27.3 Å². The second-order valence-corrected chi connectivity index (χ2v) is 6.45. The van der Waals surface area contributed by atoms with Crippen molar-refractivity contribution >= 4 is 40.5 Å². The van der Waals surface area contributed by atoms with Crippen molar-refractivity contribution in [2.24, 2.45) is 0 Å². The first-order valence-corrected chi connectivity index (χ1v) is 8.34. The number of carbonyl (C=O) groups excluding carboxylic acids is 2. The zero-order chi connectivity index (χ0) is 13.8. The Balaban J connectivity index is 2.34. The van der Waals surface area contributed by atoms with Crippen LogP contribution >= 0.6 is 23.1 Å². The number of thioether (sulfide) groups is 1. The molecule has 19 heavy (non-hydrogen) atoms. The van der Waals surface area contributed by atoms with Gasteiger partial charge in [0.25, 0.3) is 11.8 Å². The molecule has 2 heterocycles. The van der Waals surface area contributed by atoms with Gasteiger partial charge in [-0.15, -0.1) is 23.1 Å². The highest BCUT2D eigenvalue weighted by atomic mass is 32.2. The van der Waals surface area contributed by atoms with E-state index in [1.807, 2.05) is 24.4 Å². The number of thiophene rings is 1. The monoisotopic (exact) mass is 295 g/mol. The van der Waals surface area contributed by atoms with E-state index in [-0.39, 0.29) is 11.8 Å². The van der Waals surface area contributed by atoms with Crippen LogP contribution in [0.5, 0.6) is 0 Å². The average molecular weight is 295 g/mol. The number of rotatable bonds is 6. The summed E-state index contributed by atoms with van der Waals surface area (Å²) < 4.78 is 0. The van der Waals surface area contributed by atoms with E-state index >= 15 is 0 Å². The van der Waals surface area contributed by atoms with Gasteiger partial charge in [0.15, 0.2) is 0 Å². The van der Waals surface area contributed by atoms with Gasteiger partial charge in [-0.3, -0.25) is 14.5 Å². The van der Waals surface area contributed by atoms with Crippen LogP contribution in [0, 0.1) is 0 Å². The van der Waals surface area contributed by atoms with Gasteiger partial charge < -0.3 is 0 Å². The van der Waals surface area contributed by atoms with Gasteiger partial charge in [-0.2, -0.15) is 0 Å². The maximum absolute atomic E-state index is 12.4. The average Bonchev–Trinajstić information content (AvgIpc) is 2.98. The van der Waals surface area contributed by atoms with Gasteiger partial charge in [0.1, 0.15) is 0 Å². The summed E-state index contributed by atoms with van der Waals surface area (Å²) in [5.74, 6) is 0.552. The molecule has 0 N–H and O–H groups in total. The summed E-state index contributed by atoms with van der Waals surface area (Å²) in [6, 6.07) is 3.82. The highest BCUT2D eigenvalue weighted by Crippen LogP contribution is 2.37. The molecule has 1 aromatic heterocycles. The van der Waals surface area contributed by atoms with E-state index in [9.17, 15) is 9.59 Å². The molecule has 0 saturated heterocycles. The van der Waals surface area contributed by atoms with Gasteiger partial charge in [-0.05, 0) is 23.6 Å². The molecule has 0 unspecified atom stereocenters. The van der Waals surface area contributed by atoms with Gasteiger partial charge in [0.2, 0.25) is 0 Å². The molecule has 1 aromatic rings. The molecule has 2 amide bonds. The molecule has 0 aromatic carbocycles. The number of amides is 2. The third-order valence-corrected chi connectivity index (χ3v) is 4.76. The van der Waals surface area contributed by atoms with Crippen LogP contribution in [0.2, 0.25) is 0 Å². The van der Waals surface area contributed by atoms with Gasteiger partial charge in [0.05, 0.1) is 10.5 Å². The van der Waals surface area contributed by atoms with Gasteiger partial charge in [-0.25, -0.2) is 0 Å². The Hall–Kier alpha value is -1.07. The maximum Gasteiger partial charge on any atom is 0.268 e. The van der Waals surface area contributed by atoms with E-state index in [0.29, 0.717) is 17.0 Å². The summed E-state index contributed by atoms with van der Waals surface area (Å²) in [7, 11) is 0. The number of nitrogens with zero attached hydrogens (tertiary/aromatic N) is 1. The molecule has 0 bridgehead atoms. The van der Waals surface area contributed by atoms with Crippen molar-refractivity contribution in [1.29, 1.82) is 0 Å². The van der Waals surface area contributed by atoms with Crippen molar-refractivity contribution in [2.75, 3.05) is 12.3 Å². The van der Waals surface area contributed by atoms with Crippen molar-refractivity contribution in [2.45, 2.75) is 26.7 Å². The number of unbranched alkanes of at least 4 members (excludes halogenated alkanes) is 1. The summed E-state index contributed by atoms with van der Waals surface area (Å²) in [5, 5.41) is 1.93. The topological polar surface area (TPSA) is 37.4 Å². The zero-order valence-corrected chi connectivity index (χ0v) is 12.8. The minimum absolute atomic E-state index is 0.117. The summed E-state index contributed by atoms with van der Waals surface area (Å²) in [6.07, 6.45) is 1.83. The third-order valence-electron chi connectivity index (χ3n) is 2.92. The van der Waals surface area contributed by atoms with Crippen molar-refractivity contribution in [1.82, 2.24) is 4.90 Å². The number of carbonyl (C=O) groups is 2. The van der Waals surface area contributed by atoms with Crippen LogP contribution in [0.1, 0.15) is 31.6 Å². The second-order valence-electron chi connectivity index (χ2n) is 4.23. The standard InChI is InChI=1S/C14H17NO2S2/c1-3-5-8-15-13(16)11(10-7-6-9-19-10)12(14(15)17)18-4-2/h6-7,9H,3-5,8H2,1-2H3. The first-order chi connectivity index (χ1) is 9.20. The molecule has 0 fully saturated rings. The smallest absolute Gasteiger partial charge is 0.268 e. The fourth-order valence-electron chi connectivity index (χ4n) is 1.99. The lowest BCUT2D eigenvalue weighted by Gasteiger charge is -2.13. The Morgan fingerprint density at radius 2 is 2.05 bits per heavy atom. The zero-order valence-electron chi connectivity index (χ0n) is 11.1. The number of hydrogen-bond donors (Lipinski definition) is 0.